The predicted octanol–water partition coefficient (Wildman–Crippen LogP) is 4.84. The lowest BCUT2D eigenvalue weighted by Gasteiger charge is -2.18. The topological polar surface area (TPSA) is 56.9 Å². The van der Waals surface area contributed by atoms with Gasteiger partial charge in [0.25, 0.3) is 0 Å². The van der Waals surface area contributed by atoms with E-state index in [0.29, 0.717) is 0 Å². The van der Waals surface area contributed by atoms with E-state index in [4.69, 9.17) is 4.74 Å². The summed E-state index contributed by atoms with van der Waals surface area (Å²) in [5.74, 6) is 0.838. The number of hydrogen-bond donors (Lipinski definition) is 1. The maximum absolute atomic E-state index is 5.26. The standard InChI is InChI=1S/C25H29N5O/c1-17-13-18(2)23(25(14-17)29-12-6-11-27-29)15-26-19(3)24-16-28-30(20(24)4)21-7-9-22(31-5)10-8-21/h6-14,16,19,26H,15H2,1-5H3/t19-/m0/s1. The van der Waals surface area contributed by atoms with Crippen molar-refractivity contribution in [2.45, 2.75) is 40.3 Å². The second-order valence-electron chi connectivity index (χ2n) is 7.93. The van der Waals surface area contributed by atoms with E-state index in [2.05, 4.69) is 55.3 Å². The van der Waals surface area contributed by atoms with E-state index in [0.717, 1.165) is 29.4 Å². The minimum absolute atomic E-state index is 0.151. The maximum Gasteiger partial charge on any atom is 0.119 e. The van der Waals surface area contributed by atoms with Crippen molar-refractivity contribution in [3.05, 3.63) is 89.0 Å². The average Bonchev–Trinajstić information content (AvgIpc) is 3.42. The summed E-state index contributed by atoms with van der Waals surface area (Å²) in [5, 5.41) is 12.8. The first-order valence-electron chi connectivity index (χ1n) is 10.5. The molecule has 0 aliphatic rings. The largest absolute Gasteiger partial charge is 0.497 e. The van der Waals surface area contributed by atoms with E-state index in [1.807, 2.05) is 58.3 Å². The summed E-state index contributed by atoms with van der Waals surface area (Å²) < 4.78 is 9.17. The van der Waals surface area contributed by atoms with Gasteiger partial charge in [-0.2, -0.15) is 10.2 Å². The number of nitrogens with zero attached hydrogens (tertiary/aromatic N) is 4. The first-order chi connectivity index (χ1) is 15.0. The Hall–Kier alpha value is -3.38. The highest BCUT2D eigenvalue weighted by atomic mass is 16.5. The Kier molecular flexibility index (Phi) is 5.91. The van der Waals surface area contributed by atoms with Crippen LogP contribution in [-0.4, -0.2) is 26.7 Å². The molecule has 0 spiro atoms. The Morgan fingerprint density at radius 2 is 1.84 bits per heavy atom. The maximum atomic E-state index is 5.26. The Labute approximate surface area is 183 Å². The predicted molar refractivity (Wildman–Crippen MR) is 123 cm³/mol. The van der Waals surface area contributed by atoms with Gasteiger partial charge in [-0.05, 0) is 80.8 Å². The third kappa shape index (κ3) is 4.25. The van der Waals surface area contributed by atoms with Crippen molar-refractivity contribution in [2.24, 2.45) is 0 Å². The summed E-state index contributed by atoms with van der Waals surface area (Å²) in [6.07, 6.45) is 5.76. The molecular weight excluding hydrogens is 386 g/mol. The van der Waals surface area contributed by atoms with Crippen LogP contribution in [0.4, 0.5) is 0 Å². The van der Waals surface area contributed by atoms with Crippen molar-refractivity contribution in [1.82, 2.24) is 24.9 Å². The number of ether oxygens (including phenoxy) is 1. The molecule has 0 unspecified atom stereocenters. The van der Waals surface area contributed by atoms with Crippen LogP contribution in [-0.2, 0) is 6.54 Å². The van der Waals surface area contributed by atoms with Crippen LogP contribution in [0, 0.1) is 20.8 Å². The highest BCUT2D eigenvalue weighted by Crippen LogP contribution is 2.24. The summed E-state index contributed by atoms with van der Waals surface area (Å²) in [6, 6.07) is 14.5. The molecular formula is C25H29N5O. The van der Waals surface area contributed by atoms with Gasteiger partial charge in [-0.1, -0.05) is 6.07 Å². The van der Waals surface area contributed by atoms with Gasteiger partial charge in [-0.3, -0.25) is 0 Å². The fraction of sp³-hybridized carbons (Fsp3) is 0.280. The van der Waals surface area contributed by atoms with Gasteiger partial charge >= 0.3 is 0 Å². The number of methoxy groups -OCH3 is 1. The molecule has 0 saturated carbocycles. The molecule has 1 N–H and O–H groups in total. The van der Waals surface area contributed by atoms with E-state index in [1.54, 1.807) is 7.11 Å². The van der Waals surface area contributed by atoms with Crippen LogP contribution in [0.1, 0.15) is 40.9 Å². The molecule has 6 nitrogen and oxygen atoms in total. The fourth-order valence-corrected chi connectivity index (χ4v) is 4.02. The van der Waals surface area contributed by atoms with Crippen LogP contribution in [0.25, 0.3) is 11.4 Å². The van der Waals surface area contributed by atoms with Gasteiger partial charge in [0.05, 0.1) is 24.7 Å². The Morgan fingerprint density at radius 1 is 1.06 bits per heavy atom. The number of hydrogen-bond acceptors (Lipinski definition) is 4. The van der Waals surface area contributed by atoms with E-state index >= 15 is 0 Å². The van der Waals surface area contributed by atoms with Gasteiger partial charge < -0.3 is 10.1 Å². The molecule has 1 atom stereocenters. The van der Waals surface area contributed by atoms with Crippen molar-refractivity contribution in [3.63, 3.8) is 0 Å². The third-order valence-electron chi connectivity index (χ3n) is 5.76. The lowest BCUT2D eigenvalue weighted by Crippen LogP contribution is -2.20. The molecule has 2 aromatic heterocycles. The van der Waals surface area contributed by atoms with E-state index in [-0.39, 0.29) is 6.04 Å². The van der Waals surface area contributed by atoms with Gasteiger partial charge in [0.15, 0.2) is 0 Å². The second-order valence-corrected chi connectivity index (χ2v) is 7.93. The number of nitrogens with one attached hydrogen (secondary N) is 1. The summed E-state index contributed by atoms with van der Waals surface area (Å²) in [4.78, 5) is 0. The van der Waals surface area contributed by atoms with Crippen LogP contribution in [0.5, 0.6) is 5.75 Å². The van der Waals surface area contributed by atoms with E-state index < -0.39 is 0 Å². The molecule has 2 aromatic carbocycles. The summed E-state index contributed by atoms with van der Waals surface area (Å²) in [7, 11) is 1.67. The van der Waals surface area contributed by atoms with Crippen molar-refractivity contribution in [2.75, 3.05) is 7.11 Å². The van der Waals surface area contributed by atoms with Crippen LogP contribution in [0.15, 0.2) is 61.1 Å². The molecule has 2 heterocycles. The van der Waals surface area contributed by atoms with Gasteiger partial charge in [-0.15, -0.1) is 0 Å². The molecule has 0 aliphatic heterocycles. The highest BCUT2D eigenvalue weighted by Gasteiger charge is 2.16. The molecule has 0 bridgehead atoms. The monoisotopic (exact) mass is 415 g/mol. The Morgan fingerprint density at radius 3 is 2.52 bits per heavy atom. The SMILES string of the molecule is COc1ccc(-n2ncc([C@H](C)NCc3c(C)cc(C)cc3-n3cccn3)c2C)cc1. The Balaban J connectivity index is 1.55. The van der Waals surface area contributed by atoms with E-state index in [1.165, 1.54) is 22.3 Å². The molecule has 0 amide bonds. The van der Waals surface area contributed by atoms with Crippen molar-refractivity contribution >= 4 is 0 Å². The summed E-state index contributed by atoms with van der Waals surface area (Å²) in [6.45, 7) is 9.32. The first kappa shape index (κ1) is 20.9. The smallest absolute Gasteiger partial charge is 0.119 e. The highest BCUT2D eigenvalue weighted by molar-refractivity contribution is 5.48. The number of aryl methyl sites for hydroxylation is 2. The van der Waals surface area contributed by atoms with Gasteiger partial charge in [0, 0.05) is 36.2 Å². The van der Waals surface area contributed by atoms with Crippen LogP contribution in [0.2, 0.25) is 0 Å². The Bertz CT molecular complexity index is 1160. The molecule has 31 heavy (non-hydrogen) atoms. The fourth-order valence-electron chi connectivity index (χ4n) is 4.02. The molecule has 0 fully saturated rings. The molecule has 4 rings (SSSR count). The lowest BCUT2D eigenvalue weighted by molar-refractivity contribution is 0.414. The van der Waals surface area contributed by atoms with Crippen LogP contribution >= 0.6 is 0 Å². The molecule has 0 aliphatic carbocycles. The zero-order valence-corrected chi connectivity index (χ0v) is 18.8. The number of benzene rings is 2. The number of aromatic nitrogens is 4. The van der Waals surface area contributed by atoms with E-state index in [9.17, 15) is 0 Å². The third-order valence-corrected chi connectivity index (χ3v) is 5.76. The van der Waals surface area contributed by atoms with Gasteiger partial charge in [0.1, 0.15) is 5.75 Å². The summed E-state index contributed by atoms with van der Waals surface area (Å²) >= 11 is 0. The average molecular weight is 416 g/mol. The van der Waals surface area contributed by atoms with Crippen molar-refractivity contribution < 1.29 is 4.74 Å². The minimum Gasteiger partial charge on any atom is -0.497 e. The number of rotatable bonds is 7. The molecule has 160 valence electrons. The van der Waals surface area contributed by atoms with Gasteiger partial charge in [-0.25, -0.2) is 9.36 Å². The van der Waals surface area contributed by atoms with Gasteiger partial charge in [0.2, 0.25) is 0 Å². The molecule has 4 aromatic rings. The van der Waals surface area contributed by atoms with Crippen molar-refractivity contribution in [1.29, 1.82) is 0 Å². The zero-order chi connectivity index (χ0) is 22.0. The second kappa shape index (κ2) is 8.78. The first-order valence-corrected chi connectivity index (χ1v) is 10.5. The molecule has 0 saturated heterocycles. The molecule has 0 radical (unpaired) electrons. The quantitative estimate of drug-likeness (QED) is 0.469. The normalized spacial score (nSPS) is 12.2. The zero-order valence-electron chi connectivity index (χ0n) is 18.8. The van der Waals surface area contributed by atoms with Crippen LogP contribution < -0.4 is 10.1 Å². The minimum atomic E-state index is 0.151. The lowest BCUT2D eigenvalue weighted by atomic mass is 10.0. The summed E-state index contributed by atoms with van der Waals surface area (Å²) in [5.41, 5.74) is 8.19. The van der Waals surface area contributed by atoms with Crippen LogP contribution in [0.3, 0.4) is 0 Å². The van der Waals surface area contributed by atoms with Crippen molar-refractivity contribution in [3.8, 4) is 17.1 Å². The molecule has 6 heteroatoms.